The van der Waals surface area contributed by atoms with Gasteiger partial charge in [0.15, 0.2) is 6.61 Å². The Labute approximate surface area is 157 Å². The van der Waals surface area contributed by atoms with Gasteiger partial charge in [-0.25, -0.2) is 0 Å². The van der Waals surface area contributed by atoms with Crippen LogP contribution >= 0.6 is 0 Å². The van der Waals surface area contributed by atoms with Gasteiger partial charge in [-0.1, -0.05) is 6.07 Å². The lowest BCUT2D eigenvalue weighted by atomic mass is 10.1. The predicted molar refractivity (Wildman–Crippen MR) is 97.4 cm³/mol. The molecule has 3 rings (SSSR count). The van der Waals surface area contributed by atoms with Gasteiger partial charge in [0.05, 0.1) is 26.8 Å². The number of fused-ring (bicyclic) bond motifs is 1. The summed E-state index contributed by atoms with van der Waals surface area (Å²) in [6.45, 7) is 0.749. The maximum absolute atomic E-state index is 12.4. The molecule has 0 atom stereocenters. The number of ether oxygens (including phenoxy) is 1. The Morgan fingerprint density at radius 3 is 2.64 bits per heavy atom. The molecular formula is C17H14N4O7. The molecular weight excluding hydrogens is 372 g/mol. The number of nitro groups is 2. The standard InChI is InChI=1S/C17H14N4O7/c1-10-12(3-2-4-13(10)21(26)27)18-16(22)8-19-14-7-11(20(24)25)5-6-15(14)28-9-17(19)23/h2-7H,8-9H2,1H3,(H,18,22). The zero-order valence-corrected chi connectivity index (χ0v) is 14.6. The van der Waals surface area contributed by atoms with E-state index in [1.807, 2.05) is 0 Å². The van der Waals surface area contributed by atoms with Crippen molar-refractivity contribution in [3.05, 3.63) is 62.2 Å². The smallest absolute Gasteiger partial charge is 0.274 e. The van der Waals surface area contributed by atoms with E-state index in [2.05, 4.69) is 5.32 Å². The molecule has 2 aromatic rings. The first-order chi connectivity index (χ1) is 13.3. The highest BCUT2D eigenvalue weighted by Gasteiger charge is 2.29. The van der Waals surface area contributed by atoms with E-state index in [0.717, 1.165) is 11.0 Å². The highest BCUT2D eigenvalue weighted by molar-refractivity contribution is 6.05. The lowest BCUT2D eigenvalue weighted by molar-refractivity contribution is -0.385. The number of anilines is 2. The maximum Gasteiger partial charge on any atom is 0.274 e. The van der Waals surface area contributed by atoms with Crippen molar-refractivity contribution in [2.45, 2.75) is 6.92 Å². The van der Waals surface area contributed by atoms with Gasteiger partial charge in [-0.15, -0.1) is 0 Å². The molecule has 1 aliphatic heterocycles. The topological polar surface area (TPSA) is 145 Å². The van der Waals surface area contributed by atoms with Crippen LogP contribution in [-0.4, -0.2) is 34.8 Å². The zero-order chi connectivity index (χ0) is 20.4. The fourth-order valence-electron chi connectivity index (χ4n) is 2.77. The largest absolute Gasteiger partial charge is 0.482 e. The molecule has 11 nitrogen and oxygen atoms in total. The van der Waals surface area contributed by atoms with Gasteiger partial charge in [0.2, 0.25) is 5.91 Å². The number of nitrogens with zero attached hydrogens (tertiary/aromatic N) is 3. The molecule has 1 aliphatic rings. The minimum absolute atomic E-state index is 0.108. The van der Waals surface area contributed by atoms with Crippen LogP contribution in [0.25, 0.3) is 0 Å². The number of rotatable bonds is 5. The van der Waals surface area contributed by atoms with E-state index >= 15 is 0 Å². The average Bonchev–Trinajstić information content (AvgIpc) is 2.65. The van der Waals surface area contributed by atoms with Gasteiger partial charge in [-0.2, -0.15) is 0 Å². The minimum atomic E-state index is -0.621. The van der Waals surface area contributed by atoms with Crippen molar-refractivity contribution < 1.29 is 24.2 Å². The fraction of sp³-hybridized carbons (Fsp3) is 0.176. The van der Waals surface area contributed by atoms with Gasteiger partial charge in [0.1, 0.15) is 12.3 Å². The van der Waals surface area contributed by atoms with Crippen molar-refractivity contribution in [2.24, 2.45) is 0 Å². The van der Waals surface area contributed by atoms with Gasteiger partial charge in [-0.3, -0.25) is 34.7 Å². The Morgan fingerprint density at radius 2 is 1.96 bits per heavy atom. The second kappa shape index (κ2) is 7.31. The summed E-state index contributed by atoms with van der Waals surface area (Å²) in [6, 6.07) is 7.98. The van der Waals surface area contributed by atoms with Crippen LogP contribution in [0.4, 0.5) is 22.7 Å². The number of non-ortho nitro benzene ring substituents is 1. The van der Waals surface area contributed by atoms with Gasteiger partial charge in [0.25, 0.3) is 17.3 Å². The van der Waals surface area contributed by atoms with Crippen LogP contribution in [0, 0.1) is 27.2 Å². The van der Waals surface area contributed by atoms with E-state index in [9.17, 15) is 29.8 Å². The van der Waals surface area contributed by atoms with Gasteiger partial charge < -0.3 is 10.1 Å². The number of carbonyl (C=O) groups is 2. The second-order valence-electron chi connectivity index (χ2n) is 5.93. The normalized spacial score (nSPS) is 12.8. The Bertz CT molecular complexity index is 1000. The number of nitrogens with one attached hydrogen (secondary N) is 1. The summed E-state index contributed by atoms with van der Waals surface area (Å²) in [6.07, 6.45) is 0. The molecule has 0 aromatic heterocycles. The van der Waals surface area contributed by atoms with E-state index in [0.29, 0.717) is 0 Å². The molecule has 0 saturated heterocycles. The van der Waals surface area contributed by atoms with Crippen molar-refractivity contribution in [1.82, 2.24) is 0 Å². The molecule has 0 aliphatic carbocycles. The van der Waals surface area contributed by atoms with E-state index in [1.54, 1.807) is 0 Å². The van der Waals surface area contributed by atoms with Crippen LogP contribution in [-0.2, 0) is 9.59 Å². The molecule has 2 amide bonds. The number of benzene rings is 2. The lowest BCUT2D eigenvalue weighted by Gasteiger charge is -2.28. The van der Waals surface area contributed by atoms with Crippen molar-refractivity contribution in [3.63, 3.8) is 0 Å². The van der Waals surface area contributed by atoms with Crippen LogP contribution in [0.15, 0.2) is 36.4 Å². The third-order valence-corrected chi connectivity index (χ3v) is 4.17. The van der Waals surface area contributed by atoms with E-state index in [1.165, 1.54) is 37.3 Å². The molecule has 0 bridgehead atoms. The van der Waals surface area contributed by atoms with Crippen molar-refractivity contribution in [3.8, 4) is 5.75 Å². The Kier molecular flexibility index (Phi) is 4.90. The number of hydrogen-bond acceptors (Lipinski definition) is 7. The summed E-state index contributed by atoms with van der Waals surface area (Å²) in [7, 11) is 0. The van der Waals surface area contributed by atoms with Crippen LogP contribution in [0.1, 0.15) is 5.56 Å². The fourth-order valence-corrected chi connectivity index (χ4v) is 2.77. The first-order valence-corrected chi connectivity index (χ1v) is 8.03. The van der Waals surface area contributed by atoms with Gasteiger partial charge in [-0.05, 0) is 19.1 Å². The number of carbonyl (C=O) groups excluding carboxylic acids is 2. The Balaban J connectivity index is 1.84. The highest BCUT2D eigenvalue weighted by Crippen LogP contribution is 2.35. The molecule has 144 valence electrons. The number of hydrogen-bond donors (Lipinski definition) is 1. The van der Waals surface area contributed by atoms with E-state index in [4.69, 9.17) is 4.74 Å². The Hall–Kier alpha value is -4.02. The Morgan fingerprint density at radius 1 is 1.21 bits per heavy atom. The summed E-state index contributed by atoms with van der Waals surface area (Å²) in [4.78, 5) is 46.5. The number of nitro benzene ring substituents is 2. The van der Waals surface area contributed by atoms with Crippen LogP contribution in [0.3, 0.4) is 0 Å². The first-order valence-electron chi connectivity index (χ1n) is 8.03. The van der Waals surface area contributed by atoms with Crippen molar-refractivity contribution >= 4 is 34.6 Å². The molecule has 1 N–H and O–H groups in total. The van der Waals surface area contributed by atoms with Crippen molar-refractivity contribution in [1.29, 1.82) is 0 Å². The number of amides is 2. The lowest BCUT2D eigenvalue weighted by Crippen LogP contribution is -2.43. The van der Waals surface area contributed by atoms with Crippen LogP contribution in [0.2, 0.25) is 0 Å². The quantitative estimate of drug-likeness (QED) is 0.612. The van der Waals surface area contributed by atoms with E-state index < -0.39 is 28.2 Å². The summed E-state index contributed by atoms with van der Waals surface area (Å²) in [5, 5.41) is 24.5. The van der Waals surface area contributed by atoms with Crippen molar-refractivity contribution in [2.75, 3.05) is 23.4 Å². The molecule has 0 fully saturated rings. The second-order valence-corrected chi connectivity index (χ2v) is 5.93. The summed E-state index contributed by atoms with van der Waals surface area (Å²) < 4.78 is 5.24. The summed E-state index contributed by atoms with van der Waals surface area (Å²) in [5.74, 6) is -0.917. The molecule has 0 radical (unpaired) electrons. The minimum Gasteiger partial charge on any atom is -0.482 e. The monoisotopic (exact) mass is 386 g/mol. The molecule has 11 heteroatoms. The third kappa shape index (κ3) is 3.58. The van der Waals surface area contributed by atoms with Crippen LogP contribution in [0.5, 0.6) is 5.75 Å². The maximum atomic E-state index is 12.4. The van der Waals surface area contributed by atoms with E-state index in [-0.39, 0.29) is 40.7 Å². The molecule has 0 unspecified atom stereocenters. The molecule has 0 saturated carbocycles. The van der Waals surface area contributed by atoms with Crippen LogP contribution < -0.4 is 15.0 Å². The van der Waals surface area contributed by atoms with Gasteiger partial charge in [0, 0.05) is 18.2 Å². The summed E-state index contributed by atoms with van der Waals surface area (Å²) >= 11 is 0. The predicted octanol–water partition coefficient (Wildman–Crippen LogP) is 2.18. The average molecular weight is 386 g/mol. The molecule has 0 spiro atoms. The zero-order valence-electron chi connectivity index (χ0n) is 14.6. The molecule has 1 heterocycles. The highest BCUT2D eigenvalue weighted by atomic mass is 16.6. The molecule has 28 heavy (non-hydrogen) atoms. The first kappa shape index (κ1) is 18.8. The molecule has 2 aromatic carbocycles. The van der Waals surface area contributed by atoms with Gasteiger partial charge >= 0.3 is 0 Å². The summed E-state index contributed by atoms with van der Waals surface area (Å²) in [5.41, 5.74) is 0.207. The SMILES string of the molecule is Cc1c(NC(=O)CN2C(=O)COc3ccc([N+](=O)[O-])cc32)cccc1[N+](=O)[O-]. The third-order valence-electron chi connectivity index (χ3n) is 4.17.